The van der Waals surface area contributed by atoms with Crippen LogP contribution >= 0.6 is 24.4 Å². The van der Waals surface area contributed by atoms with E-state index in [2.05, 4.69) is 26.6 Å². The van der Waals surface area contributed by atoms with Gasteiger partial charge in [-0.2, -0.15) is 0 Å². The number of hydrogen-bond acceptors (Lipinski definition) is 9. The zero-order valence-electron chi connectivity index (χ0n) is 26.5. The minimum absolute atomic E-state index is 0.0807. The highest BCUT2D eigenvalue weighted by atomic mass is 32.1. The first-order valence-electron chi connectivity index (χ1n) is 15.8. The molecule has 8 N–H and O–H groups in total. The Morgan fingerprint density at radius 1 is 1.00 bits per heavy atom. The Kier molecular flexibility index (Phi) is 7.26. The molecule has 14 nitrogen and oxygen atoms in total. The first-order valence-corrected chi connectivity index (χ1v) is 16.6. The van der Waals surface area contributed by atoms with E-state index < -0.39 is 23.5 Å². The fourth-order valence-electron chi connectivity index (χ4n) is 7.84. The molecule has 1 fully saturated rings. The smallest absolute Gasteiger partial charge is 0.343 e. The number of fused-ring (bicyclic) bond motifs is 13. The molecule has 3 aromatic carbocycles. The van der Waals surface area contributed by atoms with Gasteiger partial charge in [0.2, 0.25) is 5.60 Å². The second kappa shape index (κ2) is 11.2. The van der Waals surface area contributed by atoms with Crippen LogP contribution < -0.4 is 26.6 Å². The van der Waals surface area contributed by atoms with Gasteiger partial charge in [0.05, 0.1) is 48.0 Å². The summed E-state index contributed by atoms with van der Waals surface area (Å²) < 4.78 is 15.9. The van der Waals surface area contributed by atoms with E-state index in [1.807, 2.05) is 45.5 Å². The number of nitrogens with one attached hydrogen (secondary N) is 5. The molecule has 2 aromatic heterocycles. The van der Waals surface area contributed by atoms with Gasteiger partial charge < -0.3 is 60.5 Å². The van der Waals surface area contributed by atoms with E-state index in [1.54, 1.807) is 6.92 Å². The fraction of sp³-hybridized carbons (Fsp3) is 0.333. The molecule has 3 unspecified atom stereocenters. The number of ether oxygens (including phenoxy) is 2. The Morgan fingerprint density at radius 2 is 1.61 bits per heavy atom. The summed E-state index contributed by atoms with van der Waals surface area (Å²) in [5.74, 6) is -1.04. The van der Waals surface area contributed by atoms with Gasteiger partial charge >= 0.3 is 5.97 Å². The molecule has 2 bridgehead atoms. The van der Waals surface area contributed by atoms with E-state index in [0.29, 0.717) is 43.6 Å². The van der Waals surface area contributed by atoms with E-state index in [-0.39, 0.29) is 45.2 Å². The Bertz CT molecular complexity index is 2300. The van der Waals surface area contributed by atoms with Crippen molar-refractivity contribution in [1.29, 1.82) is 0 Å². The van der Waals surface area contributed by atoms with Crippen molar-refractivity contribution in [1.82, 2.24) is 25.1 Å². The van der Waals surface area contributed by atoms with Crippen LogP contribution in [-0.4, -0.2) is 85.6 Å². The molecule has 254 valence electrons. The minimum Gasteiger partial charge on any atom is -0.467 e. The van der Waals surface area contributed by atoms with Gasteiger partial charge in [0.15, 0.2) is 15.9 Å². The molecule has 16 heteroatoms. The monoisotopic (exact) mass is 703 g/mol. The molecule has 0 saturated carbocycles. The van der Waals surface area contributed by atoms with Crippen molar-refractivity contribution in [2.45, 2.75) is 37.4 Å². The van der Waals surface area contributed by atoms with Crippen LogP contribution in [0.5, 0.6) is 0 Å². The number of hydrogen-bond donors (Lipinski definition) is 8. The van der Waals surface area contributed by atoms with E-state index in [1.165, 1.54) is 7.11 Å². The topological polar surface area (TPSA) is 183 Å². The molecule has 5 heterocycles. The van der Waals surface area contributed by atoms with E-state index in [0.717, 1.165) is 32.8 Å². The van der Waals surface area contributed by atoms with E-state index >= 15 is 0 Å². The highest BCUT2D eigenvalue weighted by Crippen LogP contribution is 2.58. The number of carbonyl (C=O) groups excluding carboxylic acids is 2. The number of methoxy groups -OCH3 is 1. The number of thiocarbonyl (C=S) groups is 2. The lowest BCUT2D eigenvalue weighted by Crippen LogP contribution is -2.56. The van der Waals surface area contributed by atoms with Crippen molar-refractivity contribution in [2.24, 2.45) is 0 Å². The molecule has 8 rings (SSSR count). The molecular formula is C33H33N7O7S2. The van der Waals surface area contributed by atoms with Crippen LogP contribution in [0.4, 0.5) is 11.4 Å². The lowest BCUT2D eigenvalue weighted by molar-refractivity contribution is -0.202. The van der Waals surface area contributed by atoms with Gasteiger partial charge in [-0.25, -0.2) is 4.79 Å². The average Bonchev–Trinajstić information content (AvgIpc) is 3.78. The second-order valence-electron chi connectivity index (χ2n) is 12.5. The molecule has 49 heavy (non-hydrogen) atoms. The number of amides is 1. The average molecular weight is 704 g/mol. The van der Waals surface area contributed by atoms with Crippen LogP contribution in [0, 0.1) is 0 Å². The van der Waals surface area contributed by atoms with Gasteiger partial charge in [-0.1, -0.05) is 0 Å². The fourth-order valence-corrected chi connectivity index (χ4v) is 8.28. The first kappa shape index (κ1) is 31.7. The molecule has 5 aromatic rings. The number of nitrogens with zero attached hydrogens (tertiary/aromatic N) is 2. The quantitative estimate of drug-likeness (QED) is 0.0914. The number of anilines is 2. The minimum atomic E-state index is -2.09. The van der Waals surface area contributed by atoms with Gasteiger partial charge in [0.25, 0.3) is 5.91 Å². The Labute approximate surface area is 289 Å². The summed E-state index contributed by atoms with van der Waals surface area (Å²) in [6.45, 7) is 2.36. The van der Waals surface area contributed by atoms with Crippen molar-refractivity contribution in [3.63, 3.8) is 0 Å². The van der Waals surface area contributed by atoms with Crippen LogP contribution in [0.1, 0.15) is 35.5 Å². The highest BCUT2D eigenvalue weighted by molar-refractivity contribution is 7.80. The standard InChI is InChI=1S/C33H33N7O7S2/c1-32-33(45,29(44)46-2)13-22(47-32)39-20-5-3-15(37-30(48)34-7-9-41)11-17(20)24-25-19(14-36-28(25)43)23-18-12-16(38-31(49)35-8-10-42)4-6-21(18)40(32)27(23)26(24)39/h3-6,11-12,22,41-42,45H,7-10,13-14H2,1-2H3,(H,36,43)(H2,34,37,48)(H2,35,38,49). The molecule has 3 atom stereocenters. The Balaban J connectivity index is 1.49. The first-order chi connectivity index (χ1) is 23.6. The number of carbonyl (C=O) groups is 2. The number of rotatable bonds is 7. The van der Waals surface area contributed by atoms with Crippen molar-refractivity contribution in [2.75, 3.05) is 44.0 Å². The van der Waals surface area contributed by atoms with Gasteiger partial charge in [-0.15, -0.1) is 0 Å². The third-order valence-electron chi connectivity index (χ3n) is 9.85. The third-order valence-corrected chi connectivity index (χ3v) is 10.3. The van der Waals surface area contributed by atoms with Crippen molar-refractivity contribution in [3.05, 3.63) is 47.5 Å². The van der Waals surface area contributed by atoms with Gasteiger partial charge in [-0.3, -0.25) is 4.79 Å². The molecular weight excluding hydrogens is 671 g/mol. The number of aliphatic hydroxyl groups is 3. The van der Waals surface area contributed by atoms with Crippen LogP contribution in [0.3, 0.4) is 0 Å². The second-order valence-corrected chi connectivity index (χ2v) is 13.3. The van der Waals surface area contributed by atoms with Crippen LogP contribution in [0.15, 0.2) is 36.4 Å². The molecule has 1 saturated heterocycles. The number of aliphatic hydroxyl groups excluding tert-OH is 2. The largest absolute Gasteiger partial charge is 0.467 e. The zero-order valence-corrected chi connectivity index (χ0v) is 28.1. The normalized spacial score (nSPS) is 22.1. The lowest BCUT2D eigenvalue weighted by atomic mass is 9.88. The van der Waals surface area contributed by atoms with Crippen molar-refractivity contribution < 1.29 is 34.4 Å². The maximum atomic E-state index is 13.8. The molecule has 0 radical (unpaired) electrons. The summed E-state index contributed by atoms with van der Waals surface area (Å²) in [5, 5.41) is 49.7. The van der Waals surface area contributed by atoms with E-state index in [9.17, 15) is 24.9 Å². The summed E-state index contributed by atoms with van der Waals surface area (Å²) >= 11 is 10.9. The van der Waals surface area contributed by atoms with Crippen LogP contribution in [-0.2, 0) is 26.5 Å². The predicted molar refractivity (Wildman–Crippen MR) is 192 cm³/mol. The van der Waals surface area contributed by atoms with Crippen LogP contribution in [0.25, 0.3) is 43.6 Å². The number of aromatic nitrogens is 2. The number of benzene rings is 3. The molecule has 1 amide bonds. The summed E-state index contributed by atoms with van der Waals surface area (Å²) in [6, 6.07) is 11.3. The molecule has 3 aliphatic heterocycles. The van der Waals surface area contributed by atoms with Crippen molar-refractivity contribution >= 4 is 102 Å². The van der Waals surface area contributed by atoms with E-state index in [4.69, 9.17) is 33.9 Å². The molecule has 0 aliphatic carbocycles. The zero-order chi connectivity index (χ0) is 34.4. The molecule has 0 spiro atoms. The summed E-state index contributed by atoms with van der Waals surface area (Å²) in [6.07, 6.45) is -0.921. The number of esters is 1. The maximum absolute atomic E-state index is 13.8. The maximum Gasteiger partial charge on any atom is 0.343 e. The van der Waals surface area contributed by atoms with Gasteiger partial charge in [0.1, 0.15) is 6.23 Å². The summed E-state index contributed by atoms with van der Waals surface area (Å²) in [5.41, 5.74) is 1.74. The Hall–Kier alpha value is -4.58. The summed E-state index contributed by atoms with van der Waals surface area (Å²) in [4.78, 5) is 27.3. The lowest BCUT2D eigenvalue weighted by Gasteiger charge is -2.37. The molecule has 3 aliphatic rings. The van der Waals surface area contributed by atoms with Gasteiger partial charge in [0, 0.05) is 59.0 Å². The Morgan fingerprint density at radius 3 is 2.22 bits per heavy atom. The van der Waals surface area contributed by atoms with Crippen molar-refractivity contribution in [3.8, 4) is 0 Å². The third kappa shape index (κ3) is 4.31. The highest BCUT2D eigenvalue weighted by Gasteiger charge is 2.65. The summed E-state index contributed by atoms with van der Waals surface area (Å²) in [7, 11) is 1.24. The SMILES string of the molecule is COC(=O)C1(O)CC2OC1(C)n1c3ccc(NC(=S)NCCO)cc3c3c4c(c5c6cc(NC(=S)NCCO)ccc6n2c5c31)C(=O)NC4. The van der Waals surface area contributed by atoms with Crippen LogP contribution in [0.2, 0.25) is 0 Å². The van der Waals surface area contributed by atoms with Gasteiger partial charge in [-0.05, 0) is 73.3 Å². The predicted octanol–water partition coefficient (Wildman–Crippen LogP) is 2.21.